The number of methoxy groups -OCH3 is 1. The van der Waals surface area contributed by atoms with Crippen LogP contribution in [0.25, 0.3) is 0 Å². The van der Waals surface area contributed by atoms with E-state index >= 15 is 0 Å². The van der Waals surface area contributed by atoms with Gasteiger partial charge in [-0.3, -0.25) is 4.79 Å². The van der Waals surface area contributed by atoms with Gasteiger partial charge in [0.1, 0.15) is 0 Å². The van der Waals surface area contributed by atoms with Gasteiger partial charge in [-0.05, 0) is 24.5 Å². The fraction of sp³-hybridized carbons (Fsp3) is 0.533. The number of hydrogen-bond donors (Lipinski definition) is 3. The van der Waals surface area contributed by atoms with Crippen LogP contribution in [-0.2, 0) is 16.1 Å². The molecule has 2 unspecified atom stereocenters. The van der Waals surface area contributed by atoms with Crippen molar-refractivity contribution in [2.45, 2.75) is 31.8 Å². The maximum Gasteiger partial charge on any atom is 0.310 e. The van der Waals surface area contributed by atoms with Crippen molar-refractivity contribution in [1.29, 1.82) is 0 Å². The van der Waals surface area contributed by atoms with Gasteiger partial charge in [-0.15, -0.1) is 0 Å². The molecule has 0 aliphatic carbocycles. The predicted molar refractivity (Wildman–Crippen MR) is 76.7 cm³/mol. The van der Waals surface area contributed by atoms with Crippen LogP contribution >= 0.6 is 0 Å². The molecule has 0 saturated carbocycles. The van der Waals surface area contributed by atoms with Crippen LogP contribution < -0.4 is 5.32 Å². The minimum atomic E-state index is -0.820. The van der Waals surface area contributed by atoms with Gasteiger partial charge in [0.15, 0.2) is 0 Å². The third kappa shape index (κ3) is 5.28. The number of carbonyl (C=O) groups is 1. The van der Waals surface area contributed by atoms with Gasteiger partial charge in [0.2, 0.25) is 0 Å². The van der Waals surface area contributed by atoms with Crippen molar-refractivity contribution >= 4 is 5.97 Å². The summed E-state index contributed by atoms with van der Waals surface area (Å²) in [7, 11) is 1.63. The summed E-state index contributed by atoms with van der Waals surface area (Å²) in [5.74, 6) is -1.31. The Kier molecular flexibility index (Phi) is 7.22. The molecular formula is C15H23NO4. The van der Waals surface area contributed by atoms with Gasteiger partial charge in [0.25, 0.3) is 0 Å². The molecule has 2 atom stereocenters. The molecule has 0 spiro atoms. The van der Waals surface area contributed by atoms with Crippen molar-refractivity contribution in [2.75, 3.05) is 20.3 Å². The summed E-state index contributed by atoms with van der Waals surface area (Å²) in [6, 6.07) is 7.64. The lowest BCUT2D eigenvalue weighted by Crippen LogP contribution is -2.33. The second-order valence-electron chi connectivity index (χ2n) is 4.85. The van der Waals surface area contributed by atoms with Crippen LogP contribution in [0.4, 0.5) is 0 Å². The fourth-order valence-electron chi connectivity index (χ4n) is 1.93. The molecule has 0 fully saturated rings. The smallest absolute Gasteiger partial charge is 0.310 e. The summed E-state index contributed by atoms with van der Waals surface area (Å²) in [6.45, 7) is 3.01. The normalized spacial score (nSPS) is 13.9. The van der Waals surface area contributed by atoms with Crippen molar-refractivity contribution in [2.24, 2.45) is 0 Å². The number of aliphatic hydroxyl groups is 1. The Morgan fingerprint density at radius 3 is 2.50 bits per heavy atom. The van der Waals surface area contributed by atoms with Crippen LogP contribution in [-0.4, -0.2) is 42.5 Å². The van der Waals surface area contributed by atoms with Crippen molar-refractivity contribution < 1.29 is 19.7 Å². The van der Waals surface area contributed by atoms with Crippen LogP contribution in [0.1, 0.15) is 30.4 Å². The second kappa shape index (κ2) is 8.68. The van der Waals surface area contributed by atoms with E-state index in [-0.39, 0.29) is 12.6 Å². The number of aliphatic hydroxyl groups excluding tert-OH is 1. The first-order chi connectivity index (χ1) is 9.58. The molecule has 0 aliphatic rings. The summed E-state index contributed by atoms with van der Waals surface area (Å²) in [4.78, 5) is 10.9. The van der Waals surface area contributed by atoms with Crippen molar-refractivity contribution in [3.05, 3.63) is 35.4 Å². The first-order valence-corrected chi connectivity index (χ1v) is 6.73. The summed E-state index contributed by atoms with van der Waals surface area (Å²) in [5.41, 5.74) is 1.87. The van der Waals surface area contributed by atoms with Crippen LogP contribution in [0.5, 0.6) is 0 Å². The number of carboxylic acid groups (broad SMARTS) is 1. The first kappa shape index (κ1) is 16.6. The molecule has 5 heteroatoms. The maximum atomic E-state index is 10.9. The Morgan fingerprint density at radius 1 is 1.35 bits per heavy atom. The summed E-state index contributed by atoms with van der Waals surface area (Å²) >= 11 is 0. The van der Waals surface area contributed by atoms with Crippen molar-refractivity contribution in [3.8, 4) is 0 Å². The van der Waals surface area contributed by atoms with E-state index in [1.165, 1.54) is 0 Å². The first-order valence-electron chi connectivity index (χ1n) is 6.73. The van der Waals surface area contributed by atoms with Gasteiger partial charge in [0.05, 0.1) is 12.5 Å². The highest BCUT2D eigenvalue weighted by Gasteiger charge is 2.13. The zero-order valence-electron chi connectivity index (χ0n) is 12.0. The van der Waals surface area contributed by atoms with E-state index in [2.05, 4.69) is 5.32 Å². The highest BCUT2D eigenvalue weighted by molar-refractivity contribution is 5.75. The molecule has 0 bridgehead atoms. The number of carboxylic acids is 1. The lowest BCUT2D eigenvalue weighted by atomic mass is 10.00. The molecule has 3 N–H and O–H groups in total. The monoisotopic (exact) mass is 281 g/mol. The van der Waals surface area contributed by atoms with E-state index in [1.54, 1.807) is 14.0 Å². The predicted octanol–water partition coefficient (Wildman–Crippen LogP) is 1.36. The third-order valence-electron chi connectivity index (χ3n) is 3.29. The van der Waals surface area contributed by atoms with E-state index in [9.17, 15) is 4.79 Å². The van der Waals surface area contributed by atoms with E-state index in [1.807, 2.05) is 24.3 Å². The molecule has 0 amide bonds. The second-order valence-corrected chi connectivity index (χ2v) is 4.85. The SMILES string of the molecule is COCC(CCO)NCc1ccc(C(C)C(=O)O)cc1. The van der Waals surface area contributed by atoms with Crippen molar-refractivity contribution in [3.63, 3.8) is 0 Å². The molecule has 1 rings (SSSR count). The Labute approximate surface area is 119 Å². The summed E-state index contributed by atoms with van der Waals surface area (Å²) in [6.07, 6.45) is 0.641. The van der Waals surface area contributed by atoms with Gasteiger partial charge in [-0.25, -0.2) is 0 Å². The number of rotatable bonds is 9. The van der Waals surface area contributed by atoms with E-state index in [0.29, 0.717) is 19.6 Å². The van der Waals surface area contributed by atoms with Gasteiger partial charge in [-0.2, -0.15) is 0 Å². The zero-order valence-corrected chi connectivity index (χ0v) is 12.0. The molecule has 0 heterocycles. The van der Waals surface area contributed by atoms with Gasteiger partial charge < -0.3 is 20.3 Å². The van der Waals surface area contributed by atoms with Gasteiger partial charge in [-0.1, -0.05) is 24.3 Å². The number of aliphatic carboxylic acids is 1. The number of hydrogen-bond acceptors (Lipinski definition) is 4. The highest BCUT2D eigenvalue weighted by atomic mass is 16.5. The Hall–Kier alpha value is -1.43. The maximum absolute atomic E-state index is 10.9. The van der Waals surface area contributed by atoms with Gasteiger partial charge in [0, 0.05) is 26.3 Å². The molecule has 0 aliphatic heterocycles. The van der Waals surface area contributed by atoms with E-state index in [4.69, 9.17) is 14.9 Å². The van der Waals surface area contributed by atoms with Crippen LogP contribution in [0, 0.1) is 0 Å². The van der Waals surface area contributed by atoms with Crippen LogP contribution in [0.2, 0.25) is 0 Å². The molecule has 0 radical (unpaired) electrons. The highest BCUT2D eigenvalue weighted by Crippen LogP contribution is 2.16. The minimum Gasteiger partial charge on any atom is -0.481 e. The number of benzene rings is 1. The van der Waals surface area contributed by atoms with Crippen molar-refractivity contribution in [1.82, 2.24) is 5.32 Å². The minimum absolute atomic E-state index is 0.114. The average molecular weight is 281 g/mol. The van der Waals surface area contributed by atoms with E-state index < -0.39 is 11.9 Å². The standard InChI is InChI=1S/C15H23NO4/c1-11(15(18)19)13-5-3-12(4-6-13)9-16-14(7-8-17)10-20-2/h3-6,11,14,16-17H,7-10H2,1-2H3,(H,18,19). The summed E-state index contributed by atoms with van der Waals surface area (Å²) in [5, 5.41) is 21.2. The number of ether oxygens (including phenoxy) is 1. The molecule has 0 aromatic heterocycles. The lowest BCUT2D eigenvalue weighted by Gasteiger charge is -2.17. The Morgan fingerprint density at radius 2 is 2.00 bits per heavy atom. The van der Waals surface area contributed by atoms with Gasteiger partial charge >= 0.3 is 5.97 Å². The molecule has 1 aromatic carbocycles. The Balaban J connectivity index is 2.54. The van der Waals surface area contributed by atoms with E-state index in [0.717, 1.165) is 11.1 Å². The fourth-order valence-corrected chi connectivity index (χ4v) is 1.93. The Bertz CT molecular complexity index is 399. The molecule has 0 saturated heterocycles. The molecule has 112 valence electrons. The molecule has 20 heavy (non-hydrogen) atoms. The van der Waals surface area contributed by atoms with Crippen LogP contribution in [0.3, 0.4) is 0 Å². The molecule has 1 aromatic rings. The zero-order chi connectivity index (χ0) is 15.0. The van der Waals surface area contributed by atoms with Crippen LogP contribution in [0.15, 0.2) is 24.3 Å². The molecular weight excluding hydrogens is 258 g/mol. The summed E-state index contributed by atoms with van der Waals surface area (Å²) < 4.78 is 5.08. The average Bonchev–Trinajstić information content (AvgIpc) is 2.45. The third-order valence-corrected chi connectivity index (χ3v) is 3.29. The topological polar surface area (TPSA) is 78.8 Å². The number of nitrogens with one attached hydrogen (secondary N) is 1. The molecule has 5 nitrogen and oxygen atoms in total. The lowest BCUT2D eigenvalue weighted by molar-refractivity contribution is -0.138. The quantitative estimate of drug-likeness (QED) is 0.637. The largest absolute Gasteiger partial charge is 0.481 e.